The zero-order chi connectivity index (χ0) is 13.1. The van der Waals surface area contributed by atoms with Crippen LogP contribution in [0.25, 0.3) is 10.9 Å². The monoisotopic (exact) mass is 282 g/mol. The lowest BCUT2D eigenvalue weighted by Crippen LogP contribution is -2.15. The first-order valence-corrected chi connectivity index (χ1v) is 6.00. The molecular formula is C14H19ClN2O2. The molecule has 5 heteroatoms. The lowest BCUT2D eigenvalue weighted by Gasteiger charge is -2.09. The summed E-state index contributed by atoms with van der Waals surface area (Å²) in [6.07, 6.45) is 2.91. The third-order valence-corrected chi connectivity index (χ3v) is 2.83. The summed E-state index contributed by atoms with van der Waals surface area (Å²) in [4.78, 5) is 16.5. The zero-order valence-electron chi connectivity index (χ0n) is 11.4. The average Bonchev–Trinajstić information content (AvgIpc) is 2.70. The number of hydrogen-bond acceptors (Lipinski definition) is 3. The van der Waals surface area contributed by atoms with Gasteiger partial charge in [0.25, 0.3) is 0 Å². The first-order chi connectivity index (χ1) is 8.58. The molecule has 0 spiro atoms. The molecule has 0 aliphatic rings. The van der Waals surface area contributed by atoms with Crippen molar-refractivity contribution in [1.29, 1.82) is 0 Å². The van der Waals surface area contributed by atoms with Gasteiger partial charge in [0, 0.05) is 30.6 Å². The van der Waals surface area contributed by atoms with Gasteiger partial charge in [0.15, 0.2) is 0 Å². The highest BCUT2D eigenvalue weighted by Crippen LogP contribution is 2.29. The molecule has 0 bridgehead atoms. The van der Waals surface area contributed by atoms with Gasteiger partial charge in [0.2, 0.25) is 0 Å². The smallest absolute Gasteiger partial charge is 0.308 e. The van der Waals surface area contributed by atoms with Crippen molar-refractivity contribution >= 4 is 29.3 Å². The summed E-state index contributed by atoms with van der Waals surface area (Å²) >= 11 is 0. The van der Waals surface area contributed by atoms with Crippen molar-refractivity contribution < 1.29 is 9.53 Å². The van der Waals surface area contributed by atoms with Crippen LogP contribution in [0.4, 0.5) is 0 Å². The molecule has 19 heavy (non-hydrogen) atoms. The topological polar surface area (TPSA) is 45.3 Å². The van der Waals surface area contributed by atoms with Crippen LogP contribution in [0.3, 0.4) is 0 Å². The fourth-order valence-electron chi connectivity index (χ4n) is 2.00. The van der Waals surface area contributed by atoms with Gasteiger partial charge in [-0.3, -0.25) is 4.79 Å². The molecule has 0 unspecified atom stereocenters. The second-order valence-corrected chi connectivity index (χ2v) is 4.64. The largest absolute Gasteiger partial charge is 0.426 e. The number of aromatic amines is 1. The number of hydrogen-bond donors (Lipinski definition) is 1. The highest BCUT2D eigenvalue weighted by molar-refractivity contribution is 5.91. The standard InChI is InChI=1S/C14H18N2O2.ClH/c1-10(17)18-13-6-4-5-12-14(13)11(9-15-12)7-8-16(2)3;/h4-6,9,15H,7-8H2,1-3H3;1H. The molecule has 1 aromatic carbocycles. The number of nitrogens with one attached hydrogen (secondary N) is 1. The number of benzene rings is 1. The number of nitrogens with zero attached hydrogens (tertiary/aromatic N) is 1. The highest BCUT2D eigenvalue weighted by atomic mass is 35.5. The molecule has 0 radical (unpaired) electrons. The number of fused-ring (bicyclic) bond motifs is 1. The Kier molecular flexibility index (Phi) is 5.39. The fourth-order valence-corrected chi connectivity index (χ4v) is 2.00. The van der Waals surface area contributed by atoms with Crippen molar-refractivity contribution in [3.63, 3.8) is 0 Å². The lowest BCUT2D eigenvalue weighted by atomic mass is 10.1. The first kappa shape index (κ1) is 15.5. The van der Waals surface area contributed by atoms with Crippen LogP contribution in [-0.4, -0.2) is 36.5 Å². The van der Waals surface area contributed by atoms with Crippen LogP contribution in [0.5, 0.6) is 5.75 Å². The van der Waals surface area contributed by atoms with Crippen LogP contribution in [0.2, 0.25) is 0 Å². The number of carbonyl (C=O) groups is 1. The maximum Gasteiger partial charge on any atom is 0.308 e. The van der Waals surface area contributed by atoms with Crippen molar-refractivity contribution in [1.82, 2.24) is 9.88 Å². The number of esters is 1. The van der Waals surface area contributed by atoms with E-state index in [1.807, 2.05) is 38.5 Å². The van der Waals surface area contributed by atoms with Gasteiger partial charge in [-0.05, 0) is 38.2 Å². The zero-order valence-corrected chi connectivity index (χ0v) is 12.2. The normalized spacial score (nSPS) is 10.5. The molecular weight excluding hydrogens is 264 g/mol. The number of carbonyl (C=O) groups excluding carboxylic acids is 1. The molecule has 1 aromatic heterocycles. The molecule has 0 aliphatic heterocycles. The van der Waals surface area contributed by atoms with Gasteiger partial charge in [-0.1, -0.05) is 6.07 Å². The predicted molar refractivity (Wildman–Crippen MR) is 79.1 cm³/mol. The minimum atomic E-state index is -0.290. The van der Waals surface area contributed by atoms with Crippen molar-refractivity contribution in [3.8, 4) is 5.75 Å². The summed E-state index contributed by atoms with van der Waals surface area (Å²) < 4.78 is 5.26. The van der Waals surface area contributed by atoms with Gasteiger partial charge >= 0.3 is 5.97 Å². The van der Waals surface area contributed by atoms with Crippen LogP contribution in [-0.2, 0) is 11.2 Å². The number of aromatic nitrogens is 1. The van der Waals surface area contributed by atoms with Crippen LogP contribution in [0.1, 0.15) is 12.5 Å². The van der Waals surface area contributed by atoms with Crippen molar-refractivity contribution in [2.45, 2.75) is 13.3 Å². The van der Waals surface area contributed by atoms with Crippen LogP contribution in [0.15, 0.2) is 24.4 Å². The molecule has 0 fully saturated rings. The van der Waals surface area contributed by atoms with E-state index in [9.17, 15) is 4.79 Å². The minimum absolute atomic E-state index is 0. The third kappa shape index (κ3) is 3.72. The van der Waals surface area contributed by atoms with E-state index in [-0.39, 0.29) is 18.4 Å². The maximum atomic E-state index is 11.1. The van der Waals surface area contributed by atoms with Crippen LogP contribution >= 0.6 is 12.4 Å². The number of ether oxygens (including phenoxy) is 1. The Morgan fingerprint density at radius 2 is 2.11 bits per heavy atom. The predicted octanol–water partition coefficient (Wildman–Crippen LogP) is 2.62. The second-order valence-electron chi connectivity index (χ2n) is 4.64. The van der Waals surface area contributed by atoms with E-state index in [1.165, 1.54) is 12.5 Å². The molecule has 0 saturated carbocycles. The third-order valence-electron chi connectivity index (χ3n) is 2.83. The molecule has 1 heterocycles. The Morgan fingerprint density at radius 1 is 1.37 bits per heavy atom. The van der Waals surface area contributed by atoms with Gasteiger partial charge in [-0.15, -0.1) is 12.4 Å². The molecule has 0 saturated heterocycles. The van der Waals surface area contributed by atoms with Crippen LogP contribution in [0, 0.1) is 0 Å². The maximum absolute atomic E-state index is 11.1. The number of halogens is 1. The molecule has 2 rings (SSSR count). The lowest BCUT2D eigenvalue weighted by molar-refractivity contribution is -0.131. The molecule has 1 N–H and O–H groups in total. The second kappa shape index (κ2) is 6.59. The van der Waals surface area contributed by atoms with Gasteiger partial charge in [-0.2, -0.15) is 0 Å². The summed E-state index contributed by atoms with van der Waals surface area (Å²) in [6.45, 7) is 2.38. The molecule has 0 atom stereocenters. The Morgan fingerprint density at radius 3 is 2.74 bits per heavy atom. The Labute approximate surface area is 119 Å². The van der Waals surface area contributed by atoms with Crippen molar-refractivity contribution in [2.75, 3.05) is 20.6 Å². The van der Waals surface area contributed by atoms with E-state index in [4.69, 9.17) is 4.74 Å². The van der Waals surface area contributed by atoms with Crippen LogP contribution < -0.4 is 4.74 Å². The molecule has 4 nitrogen and oxygen atoms in total. The number of likely N-dealkylation sites (N-methyl/N-ethyl adjacent to an activating group) is 1. The quantitative estimate of drug-likeness (QED) is 0.693. The van der Waals surface area contributed by atoms with E-state index >= 15 is 0 Å². The van der Waals surface area contributed by atoms with Gasteiger partial charge in [-0.25, -0.2) is 0 Å². The van der Waals surface area contributed by atoms with Gasteiger partial charge < -0.3 is 14.6 Å². The Hall–Kier alpha value is -1.52. The van der Waals surface area contributed by atoms with Crippen molar-refractivity contribution in [3.05, 3.63) is 30.0 Å². The first-order valence-electron chi connectivity index (χ1n) is 6.00. The Balaban J connectivity index is 0.00000180. The van der Waals surface area contributed by atoms with E-state index < -0.39 is 0 Å². The van der Waals surface area contributed by atoms with Gasteiger partial charge in [0.1, 0.15) is 5.75 Å². The SMILES string of the molecule is CC(=O)Oc1cccc2[nH]cc(CCN(C)C)c12.Cl. The number of H-pyrrole nitrogens is 1. The van der Waals surface area contributed by atoms with Crippen molar-refractivity contribution in [2.24, 2.45) is 0 Å². The summed E-state index contributed by atoms with van der Waals surface area (Å²) in [5.41, 5.74) is 2.18. The van der Waals surface area contributed by atoms with E-state index in [1.54, 1.807) is 0 Å². The van der Waals surface area contributed by atoms with E-state index in [0.717, 1.165) is 23.9 Å². The molecule has 0 aliphatic carbocycles. The summed E-state index contributed by atoms with van der Waals surface area (Å²) in [7, 11) is 4.09. The van der Waals surface area contributed by atoms with E-state index in [0.29, 0.717) is 5.75 Å². The molecule has 2 aromatic rings. The average molecular weight is 283 g/mol. The number of rotatable bonds is 4. The Bertz CT molecular complexity index is 564. The highest BCUT2D eigenvalue weighted by Gasteiger charge is 2.11. The fraction of sp³-hybridized carbons (Fsp3) is 0.357. The molecule has 104 valence electrons. The van der Waals surface area contributed by atoms with Gasteiger partial charge in [0.05, 0.1) is 0 Å². The minimum Gasteiger partial charge on any atom is -0.426 e. The molecule has 0 amide bonds. The summed E-state index contributed by atoms with van der Waals surface area (Å²) in [5, 5.41) is 1.01. The summed E-state index contributed by atoms with van der Waals surface area (Å²) in [6, 6.07) is 5.70. The van der Waals surface area contributed by atoms with E-state index in [2.05, 4.69) is 9.88 Å². The summed E-state index contributed by atoms with van der Waals surface area (Å²) in [5.74, 6) is 0.345.